The van der Waals surface area contributed by atoms with Crippen LogP contribution in [-0.2, 0) is 20.1 Å². The monoisotopic (exact) mass is 393 g/mol. The topological polar surface area (TPSA) is 55.8 Å². The summed E-state index contributed by atoms with van der Waals surface area (Å²) in [6.07, 6.45) is 2.87. The van der Waals surface area contributed by atoms with Gasteiger partial charge >= 0.3 is 0 Å². The molecule has 2 atom stereocenters. The number of benzene rings is 2. The number of Topliss-reactive ketones (excluding diaryl/α,β-unsaturated/α-hetero) is 2. The molecule has 1 aliphatic carbocycles. The predicted octanol–water partition coefficient (Wildman–Crippen LogP) is 3.54. The van der Waals surface area contributed by atoms with E-state index in [1.807, 2.05) is 54.6 Å². The molecule has 4 rings (SSSR count). The van der Waals surface area contributed by atoms with Crippen molar-refractivity contribution in [3.8, 4) is 0 Å². The summed E-state index contributed by atoms with van der Waals surface area (Å²) in [4.78, 5) is 28.8. The molecular weight excluding hydrogens is 366 g/mol. The van der Waals surface area contributed by atoms with E-state index in [-0.39, 0.29) is 23.5 Å². The highest BCUT2D eigenvalue weighted by molar-refractivity contribution is 6.00. The maximum absolute atomic E-state index is 13.4. The average molecular weight is 393 g/mol. The third kappa shape index (κ3) is 3.33. The highest BCUT2D eigenvalue weighted by Gasteiger charge is 2.53. The SMILES string of the molecule is COC1(OC)C(=O)C(CN2CCCCC2C(=O)c2ccccc2)c2ccccc21. The summed E-state index contributed by atoms with van der Waals surface area (Å²) in [6.45, 7) is 1.30. The van der Waals surface area contributed by atoms with Gasteiger partial charge in [0.1, 0.15) is 0 Å². The van der Waals surface area contributed by atoms with Gasteiger partial charge in [-0.15, -0.1) is 0 Å². The van der Waals surface area contributed by atoms with E-state index in [1.54, 1.807) is 0 Å². The first kappa shape index (κ1) is 20.0. The van der Waals surface area contributed by atoms with Gasteiger partial charge in [-0.3, -0.25) is 14.5 Å². The van der Waals surface area contributed by atoms with Crippen LogP contribution < -0.4 is 0 Å². The van der Waals surface area contributed by atoms with E-state index in [9.17, 15) is 9.59 Å². The van der Waals surface area contributed by atoms with Crippen molar-refractivity contribution in [2.45, 2.75) is 37.0 Å². The minimum atomic E-state index is -1.37. The molecule has 0 saturated carbocycles. The highest BCUT2D eigenvalue weighted by atomic mass is 16.7. The summed E-state index contributed by atoms with van der Waals surface area (Å²) in [5.74, 6) is -1.71. The quantitative estimate of drug-likeness (QED) is 0.555. The second-order valence-electron chi connectivity index (χ2n) is 7.77. The van der Waals surface area contributed by atoms with Crippen LogP contribution in [0.5, 0.6) is 0 Å². The van der Waals surface area contributed by atoms with Gasteiger partial charge in [-0.2, -0.15) is 0 Å². The Bertz CT molecular complexity index is 891. The van der Waals surface area contributed by atoms with Crippen LogP contribution in [0.1, 0.15) is 46.7 Å². The number of hydrogen-bond donors (Lipinski definition) is 0. The number of ether oxygens (including phenoxy) is 2. The Kier molecular flexibility index (Phi) is 5.63. The first-order valence-electron chi connectivity index (χ1n) is 10.2. The molecule has 2 aromatic rings. The molecule has 2 aliphatic rings. The molecule has 1 aliphatic heterocycles. The van der Waals surface area contributed by atoms with Gasteiger partial charge in [0.15, 0.2) is 5.78 Å². The Morgan fingerprint density at radius 1 is 1.03 bits per heavy atom. The molecule has 29 heavy (non-hydrogen) atoms. The Balaban J connectivity index is 1.63. The van der Waals surface area contributed by atoms with E-state index in [0.717, 1.165) is 42.5 Å². The number of carbonyl (C=O) groups excluding carboxylic acids is 2. The molecule has 0 spiro atoms. The van der Waals surface area contributed by atoms with E-state index in [2.05, 4.69) is 4.90 Å². The molecule has 5 nitrogen and oxygen atoms in total. The molecule has 5 heteroatoms. The summed E-state index contributed by atoms with van der Waals surface area (Å²) < 4.78 is 11.2. The van der Waals surface area contributed by atoms with Gasteiger partial charge < -0.3 is 9.47 Å². The maximum Gasteiger partial charge on any atom is 0.256 e. The van der Waals surface area contributed by atoms with Gasteiger partial charge in [0.25, 0.3) is 5.79 Å². The Morgan fingerprint density at radius 2 is 1.72 bits per heavy atom. The molecule has 152 valence electrons. The van der Waals surface area contributed by atoms with Crippen LogP contribution >= 0.6 is 0 Å². The first-order chi connectivity index (χ1) is 14.1. The summed E-state index contributed by atoms with van der Waals surface area (Å²) >= 11 is 0. The molecule has 0 bridgehead atoms. The zero-order valence-corrected chi connectivity index (χ0v) is 17.0. The number of nitrogens with zero attached hydrogens (tertiary/aromatic N) is 1. The molecule has 0 N–H and O–H groups in total. The lowest BCUT2D eigenvalue weighted by Gasteiger charge is -2.36. The largest absolute Gasteiger partial charge is 0.343 e. The Hall–Kier alpha value is -2.34. The zero-order valence-electron chi connectivity index (χ0n) is 17.0. The van der Waals surface area contributed by atoms with Crippen LogP contribution in [0.25, 0.3) is 0 Å². The Morgan fingerprint density at radius 3 is 2.45 bits per heavy atom. The Labute approximate surface area is 171 Å². The fraction of sp³-hybridized carbons (Fsp3) is 0.417. The van der Waals surface area contributed by atoms with Crippen molar-refractivity contribution < 1.29 is 19.1 Å². The van der Waals surface area contributed by atoms with Crippen LogP contribution in [-0.4, -0.2) is 49.8 Å². The van der Waals surface area contributed by atoms with Crippen LogP contribution in [0, 0.1) is 0 Å². The number of fused-ring (bicyclic) bond motifs is 1. The fourth-order valence-electron chi connectivity index (χ4n) is 4.83. The van der Waals surface area contributed by atoms with Crippen molar-refractivity contribution >= 4 is 11.6 Å². The molecule has 1 heterocycles. The lowest BCUT2D eigenvalue weighted by molar-refractivity contribution is -0.210. The lowest BCUT2D eigenvalue weighted by atomic mass is 9.91. The molecule has 1 saturated heterocycles. The van der Waals surface area contributed by atoms with E-state index in [4.69, 9.17) is 9.47 Å². The average Bonchev–Trinajstić information content (AvgIpc) is 3.02. The van der Waals surface area contributed by atoms with Gasteiger partial charge in [0, 0.05) is 31.9 Å². The van der Waals surface area contributed by atoms with Gasteiger partial charge in [-0.25, -0.2) is 0 Å². The second kappa shape index (κ2) is 8.19. The van der Waals surface area contributed by atoms with E-state index >= 15 is 0 Å². The molecule has 0 aromatic heterocycles. The van der Waals surface area contributed by atoms with Crippen molar-refractivity contribution in [3.63, 3.8) is 0 Å². The number of piperidine rings is 1. The highest BCUT2D eigenvalue weighted by Crippen LogP contribution is 2.45. The standard InChI is InChI=1S/C24H27NO4/c1-28-24(29-2)20-13-7-6-12-18(20)19(23(24)27)16-25-15-9-8-14-21(25)22(26)17-10-4-3-5-11-17/h3-7,10-13,19,21H,8-9,14-16H2,1-2H3. The molecule has 2 aromatic carbocycles. The van der Waals surface area contributed by atoms with Gasteiger partial charge in [-0.1, -0.05) is 61.0 Å². The van der Waals surface area contributed by atoms with Crippen molar-refractivity contribution in [2.24, 2.45) is 0 Å². The second-order valence-corrected chi connectivity index (χ2v) is 7.77. The van der Waals surface area contributed by atoms with Gasteiger partial charge in [-0.05, 0) is 24.9 Å². The predicted molar refractivity (Wildman–Crippen MR) is 110 cm³/mol. The van der Waals surface area contributed by atoms with Gasteiger partial charge in [0.05, 0.1) is 12.0 Å². The van der Waals surface area contributed by atoms with E-state index < -0.39 is 5.79 Å². The summed E-state index contributed by atoms with van der Waals surface area (Å²) in [5, 5.41) is 0. The minimum absolute atomic E-state index is 0.0971. The fourth-order valence-corrected chi connectivity index (χ4v) is 4.83. The number of hydrogen-bond acceptors (Lipinski definition) is 5. The van der Waals surface area contributed by atoms with Crippen LogP contribution in [0.3, 0.4) is 0 Å². The van der Waals surface area contributed by atoms with E-state index in [1.165, 1.54) is 14.2 Å². The van der Waals surface area contributed by atoms with Crippen molar-refractivity contribution in [2.75, 3.05) is 27.3 Å². The maximum atomic E-state index is 13.4. The third-order valence-electron chi connectivity index (χ3n) is 6.30. The van der Waals surface area contributed by atoms with Crippen LogP contribution in [0.15, 0.2) is 54.6 Å². The van der Waals surface area contributed by atoms with Crippen LogP contribution in [0.2, 0.25) is 0 Å². The first-order valence-corrected chi connectivity index (χ1v) is 10.2. The van der Waals surface area contributed by atoms with Crippen molar-refractivity contribution in [3.05, 3.63) is 71.3 Å². The van der Waals surface area contributed by atoms with Gasteiger partial charge in [0.2, 0.25) is 5.78 Å². The summed E-state index contributed by atoms with van der Waals surface area (Å²) in [6, 6.07) is 16.9. The van der Waals surface area contributed by atoms with E-state index in [0.29, 0.717) is 6.54 Å². The molecule has 0 radical (unpaired) electrons. The number of likely N-dealkylation sites (tertiary alicyclic amines) is 1. The number of ketones is 2. The number of methoxy groups -OCH3 is 2. The summed E-state index contributed by atoms with van der Waals surface area (Å²) in [5.41, 5.74) is 2.42. The smallest absolute Gasteiger partial charge is 0.256 e. The third-order valence-corrected chi connectivity index (χ3v) is 6.30. The van der Waals surface area contributed by atoms with Crippen LogP contribution in [0.4, 0.5) is 0 Å². The number of carbonyl (C=O) groups is 2. The van der Waals surface area contributed by atoms with Crippen molar-refractivity contribution in [1.82, 2.24) is 4.90 Å². The minimum Gasteiger partial charge on any atom is -0.343 e. The molecule has 2 unspecified atom stereocenters. The summed E-state index contributed by atoms with van der Waals surface area (Å²) in [7, 11) is 3.01. The molecule has 1 fully saturated rings. The van der Waals surface area contributed by atoms with Crippen molar-refractivity contribution in [1.29, 1.82) is 0 Å². The normalized spacial score (nSPS) is 23.7. The molecule has 0 amide bonds. The molecular formula is C24H27NO4. The lowest BCUT2D eigenvalue weighted by Crippen LogP contribution is -2.48. The zero-order chi connectivity index (χ0) is 20.4. The number of rotatable bonds is 6.